The Morgan fingerprint density at radius 3 is 2.76 bits per heavy atom. The van der Waals surface area contributed by atoms with Gasteiger partial charge in [0.15, 0.2) is 0 Å². The van der Waals surface area contributed by atoms with E-state index in [9.17, 15) is 9.65 Å². The van der Waals surface area contributed by atoms with Crippen molar-refractivity contribution in [3.63, 3.8) is 0 Å². The number of hydrogen-bond donors (Lipinski definition) is 0. The molecule has 0 aliphatic carbocycles. The Balaban J connectivity index is 2.39. The van der Waals surface area contributed by atoms with Gasteiger partial charge in [-0.1, -0.05) is 11.6 Å². The number of hydrogen-bond acceptors (Lipinski definition) is 2. The summed E-state index contributed by atoms with van der Waals surface area (Å²) in [7, 11) is 0. The van der Waals surface area contributed by atoms with E-state index in [2.05, 4.69) is 11.1 Å². The van der Waals surface area contributed by atoms with Gasteiger partial charge in [-0.2, -0.15) is 5.26 Å². The maximum absolute atomic E-state index is 13.3. The summed E-state index contributed by atoms with van der Waals surface area (Å²) in [5.74, 6) is 0.282. The molecule has 0 saturated heterocycles. The number of rotatable bonds is 2. The standard InChI is InChI=1S/C15H8Cl2FN3/c16-7-15-20-12-6-11(18)3-4-13(12)21(15)14-5-10(17)2-1-9(14)8-19/h1-6H,7H2. The SMILES string of the molecule is N#Cc1ccc(Cl)cc1-n1c(CCl)nc2cc(F)ccc21. The highest BCUT2D eigenvalue weighted by molar-refractivity contribution is 6.30. The van der Waals surface area contributed by atoms with Crippen molar-refractivity contribution < 1.29 is 4.39 Å². The molecule has 0 unspecified atom stereocenters. The Hall–Kier alpha value is -2.09. The van der Waals surface area contributed by atoms with Crippen LogP contribution in [-0.2, 0) is 5.88 Å². The van der Waals surface area contributed by atoms with E-state index in [1.807, 2.05) is 0 Å². The molecule has 1 aromatic heterocycles. The van der Waals surface area contributed by atoms with Gasteiger partial charge in [0.2, 0.25) is 0 Å². The van der Waals surface area contributed by atoms with Crippen molar-refractivity contribution >= 4 is 34.2 Å². The third-order valence-corrected chi connectivity index (χ3v) is 3.60. The van der Waals surface area contributed by atoms with Gasteiger partial charge in [-0.15, -0.1) is 11.6 Å². The van der Waals surface area contributed by atoms with E-state index in [1.165, 1.54) is 12.1 Å². The summed E-state index contributed by atoms with van der Waals surface area (Å²) in [6.07, 6.45) is 0. The molecular formula is C15H8Cl2FN3. The van der Waals surface area contributed by atoms with E-state index in [1.54, 1.807) is 28.8 Å². The molecule has 6 heteroatoms. The van der Waals surface area contributed by atoms with Crippen LogP contribution in [0.3, 0.4) is 0 Å². The van der Waals surface area contributed by atoms with Gasteiger partial charge in [-0.05, 0) is 30.3 Å². The molecule has 21 heavy (non-hydrogen) atoms. The molecule has 3 nitrogen and oxygen atoms in total. The van der Waals surface area contributed by atoms with Gasteiger partial charge >= 0.3 is 0 Å². The summed E-state index contributed by atoms with van der Waals surface area (Å²) in [4.78, 5) is 4.31. The van der Waals surface area contributed by atoms with Crippen LogP contribution in [0.5, 0.6) is 0 Å². The van der Waals surface area contributed by atoms with E-state index in [0.717, 1.165) is 0 Å². The molecule has 0 aliphatic heterocycles. The first-order valence-electron chi connectivity index (χ1n) is 6.07. The smallest absolute Gasteiger partial charge is 0.129 e. The van der Waals surface area contributed by atoms with Gasteiger partial charge in [0.1, 0.15) is 17.7 Å². The van der Waals surface area contributed by atoms with Gasteiger partial charge in [0, 0.05) is 11.1 Å². The third-order valence-electron chi connectivity index (χ3n) is 3.13. The third kappa shape index (κ3) is 2.35. The zero-order valence-corrected chi connectivity index (χ0v) is 12.2. The summed E-state index contributed by atoms with van der Waals surface area (Å²) in [5.41, 5.74) is 2.17. The van der Waals surface area contributed by atoms with Gasteiger partial charge in [-0.3, -0.25) is 4.57 Å². The summed E-state index contributed by atoms with van der Waals surface area (Å²) in [6, 6.07) is 11.3. The van der Waals surface area contributed by atoms with Gasteiger partial charge in [0.05, 0.1) is 28.2 Å². The summed E-state index contributed by atoms with van der Waals surface area (Å²) in [6.45, 7) is 0. The van der Waals surface area contributed by atoms with Gasteiger partial charge in [-0.25, -0.2) is 9.37 Å². The molecule has 3 rings (SSSR count). The Labute approximate surface area is 130 Å². The zero-order valence-electron chi connectivity index (χ0n) is 10.6. The maximum atomic E-state index is 13.3. The van der Waals surface area contributed by atoms with Crippen LogP contribution in [0.1, 0.15) is 11.4 Å². The van der Waals surface area contributed by atoms with Crippen LogP contribution in [0.2, 0.25) is 5.02 Å². The minimum atomic E-state index is -0.375. The molecule has 0 bridgehead atoms. The first-order valence-corrected chi connectivity index (χ1v) is 6.98. The van der Waals surface area contributed by atoms with Crippen molar-refractivity contribution in [2.24, 2.45) is 0 Å². The maximum Gasteiger partial charge on any atom is 0.129 e. The van der Waals surface area contributed by atoms with Crippen LogP contribution in [-0.4, -0.2) is 9.55 Å². The van der Waals surface area contributed by atoms with Crippen LogP contribution in [0.25, 0.3) is 16.7 Å². The minimum Gasteiger partial charge on any atom is -0.294 e. The van der Waals surface area contributed by atoms with Gasteiger partial charge in [0.25, 0.3) is 0 Å². The summed E-state index contributed by atoms with van der Waals surface area (Å²) >= 11 is 12.0. The van der Waals surface area contributed by atoms with Gasteiger partial charge < -0.3 is 0 Å². The number of nitrogens with zero attached hydrogens (tertiary/aromatic N) is 3. The Bertz CT molecular complexity index is 880. The number of nitriles is 1. The van der Waals surface area contributed by atoms with Crippen molar-refractivity contribution in [2.45, 2.75) is 5.88 Å². The summed E-state index contributed by atoms with van der Waals surface area (Å²) < 4.78 is 15.1. The number of halogens is 3. The molecule has 0 amide bonds. The molecule has 0 atom stereocenters. The highest BCUT2D eigenvalue weighted by atomic mass is 35.5. The van der Waals surface area contributed by atoms with Crippen molar-refractivity contribution in [3.8, 4) is 11.8 Å². The first-order chi connectivity index (χ1) is 10.1. The van der Waals surface area contributed by atoms with Crippen LogP contribution >= 0.6 is 23.2 Å². The average molecular weight is 320 g/mol. The first kappa shape index (κ1) is 13.9. The largest absolute Gasteiger partial charge is 0.294 e. The van der Waals surface area contributed by atoms with Crippen molar-refractivity contribution in [2.75, 3.05) is 0 Å². The predicted octanol–water partition coefficient (Wildman–Crippen LogP) is 4.43. The molecular weight excluding hydrogens is 312 g/mol. The molecule has 3 aromatic rings. The van der Waals surface area contributed by atoms with Crippen LogP contribution in [0.4, 0.5) is 4.39 Å². The second kappa shape index (κ2) is 5.36. The lowest BCUT2D eigenvalue weighted by Gasteiger charge is -2.10. The Morgan fingerprint density at radius 2 is 2.05 bits per heavy atom. The lowest BCUT2D eigenvalue weighted by Crippen LogP contribution is -2.02. The zero-order chi connectivity index (χ0) is 15.0. The number of imidazole rings is 1. The summed E-state index contributed by atoms with van der Waals surface area (Å²) in [5, 5.41) is 9.76. The molecule has 0 N–H and O–H groups in total. The minimum absolute atomic E-state index is 0.133. The predicted molar refractivity (Wildman–Crippen MR) is 80.3 cm³/mol. The Kier molecular flexibility index (Phi) is 3.54. The van der Waals surface area contributed by atoms with E-state index in [0.29, 0.717) is 33.1 Å². The highest BCUT2D eigenvalue weighted by Gasteiger charge is 2.15. The number of fused-ring (bicyclic) bond motifs is 1. The monoisotopic (exact) mass is 319 g/mol. The van der Waals surface area contributed by atoms with E-state index < -0.39 is 0 Å². The fraction of sp³-hybridized carbons (Fsp3) is 0.0667. The lowest BCUT2D eigenvalue weighted by molar-refractivity contribution is 0.629. The number of alkyl halides is 1. The molecule has 0 saturated carbocycles. The van der Waals surface area contributed by atoms with Crippen LogP contribution < -0.4 is 0 Å². The van der Waals surface area contributed by atoms with Crippen molar-refractivity contribution in [1.82, 2.24) is 9.55 Å². The topological polar surface area (TPSA) is 41.6 Å². The van der Waals surface area contributed by atoms with Crippen LogP contribution in [0.15, 0.2) is 36.4 Å². The van der Waals surface area contributed by atoms with Crippen molar-refractivity contribution in [3.05, 3.63) is 58.6 Å². The van der Waals surface area contributed by atoms with Crippen molar-refractivity contribution in [1.29, 1.82) is 5.26 Å². The second-order valence-corrected chi connectivity index (χ2v) is 5.11. The fourth-order valence-corrected chi connectivity index (χ4v) is 2.59. The molecule has 1 heterocycles. The molecule has 104 valence electrons. The molecule has 0 aliphatic rings. The molecule has 2 aromatic carbocycles. The van der Waals surface area contributed by atoms with Crippen LogP contribution in [0, 0.1) is 17.1 Å². The quantitative estimate of drug-likeness (QED) is 0.656. The van der Waals surface area contributed by atoms with E-state index >= 15 is 0 Å². The Morgan fingerprint density at radius 1 is 1.24 bits per heavy atom. The second-order valence-electron chi connectivity index (χ2n) is 4.40. The fourth-order valence-electron chi connectivity index (χ4n) is 2.25. The average Bonchev–Trinajstić information content (AvgIpc) is 2.84. The number of benzene rings is 2. The highest BCUT2D eigenvalue weighted by Crippen LogP contribution is 2.27. The van der Waals surface area contributed by atoms with E-state index in [4.69, 9.17) is 23.2 Å². The lowest BCUT2D eigenvalue weighted by atomic mass is 10.2. The molecule has 0 fully saturated rings. The number of aromatic nitrogens is 2. The molecule has 0 radical (unpaired) electrons. The molecule has 0 spiro atoms. The van der Waals surface area contributed by atoms with E-state index in [-0.39, 0.29) is 11.7 Å². The normalized spacial score (nSPS) is 10.8.